The van der Waals surface area contributed by atoms with Gasteiger partial charge in [-0.3, -0.25) is 14.7 Å². The monoisotopic (exact) mass is 399 g/mol. The number of halogens is 2. The second-order valence-corrected chi connectivity index (χ2v) is 7.74. The molecule has 1 amide bonds. The number of pyridine rings is 1. The van der Waals surface area contributed by atoms with E-state index in [9.17, 15) is 13.6 Å². The van der Waals surface area contributed by atoms with E-state index in [0.717, 1.165) is 42.5 Å². The van der Waals surface area contributed by atoms with Crippen molar-refractivity contribution in [3.63, 3.8) is 0 Å². The van der Waals surface area contributed by atoms with Crippen LogP contribution < -0.4 is 5.32 Å². The Hall–Kier alpha value is -2.79. The smallest absolute Gasteiger partial charge is 0.237 e. The molecule has 0 spiro atoms. The molecular weight excluding hydrogens is 376 g/mol. The number of anilines is 1. The number of alkyl halides is 1. The number of rotatable bonds is 4. The third-order valence-electron chi connectivity index (χ3n) is 5.72. The van der Waals surface area contributed by atoms with Crippen LogP contribution in [0.3, 0.4) is 0 Å². The molecule has 0 aliphatic carbocycles. The van der Waals surface area contributed by atoms with Crippen LogP contribution in [-0.2, 0) is 4.79 Å². The normalized spacial score (nSPS) is 23.3. The van der Waals surface area contributed by atoms with Gasteiger partial charge >= 0.3 is 0 Å². The molecule has 0 bridgehead atoms. The molecule has 1 aromatic carbocycles. The molecule has 2 aliphatic heterocycles. The summed E-state index contributed by atoms with van der Waals surface area (Å²) in [4.78, 5) is 20.0. The zero-order chi connectivity index (χ0) is 20.4. The summed E-state index contributed by atoms with van der Waals surface area (Å²) in [6.45, 7) is 1.68. The number of piperidine rings is 1. The Morgan fingerprint density at radius 3 is 2.90 bits per heavy atom. The quantitative estimate of drug-likeness (QED) is 0.856. The number of likely N-dealkylation sites (tertiary alicyclic amines) is 2. The lowest BCUT2D eigenvalue weighted by Crippen LogP contribution is -2.46. The molecule has 2 aromatic rings. The topological polar surface area (TPSA) is 72.3 Å². The Morgan fingerprint density at radius 2 is 2.14 bits per heavy atom. The van der Waals surface area contributed by atoms with Crippen molar-refractivity contribution in [2.45, 2.75) is 37.5 Å². The molecular formula is C21H23F2N5O. The van der Waals surface area contributed by atoms with Gasteiger partial charge < -0.3 is 10.2 Å². The van der Waals surface area contributed by atoms with E-state index < -0.39 is 12.2 Å². The van der Waals surface area contributed by atoms with E-state index >= 15 is 0 Å². The fourth-order valence-corrected chi connectivity index (χ4v) is 4.17. The number of aromatic nitrogens is 1. The van der Waals surface area contributed by atoms with Crippen LogP contribution in [-0.4, -0.2) is 65.1 Å². The van der Waals surface area contributed by atoms with Gasteiger partial charge in [0.15, 0.2) is 0 Å². The molecule has 2 aliphatic rings. The number of nitrogens with zero attached hydrogens (tertiary/aromatic N) is 4. The highest BCUT2D eigenvalue weighted by Crippen LogP contribution is 2.26. The standard InChI is InChI=1S/C21H23F2N5O/c22-14-9-18-19(25-11-14)2-1-3-20(18)26-16-4-6-27(7-5-16)13-21(29)28-12-15(23)8-17(28)10-24/h1-3,9,11,15-17,26H,4-8,12-13H2/t15-,17?/m0/s1. The lowest BCUT2D eigenvalue weighted by molar-refractivity contribution is -0.132. The van der Waals surface area contributed by atoms with Gasteiger partial charge in [-0.15, -0.1) is 0 Å². The molecule has 3 heterocycles. The van der Waals surface area contributed by atoms with Crippen LogP contribution in [0.5, 0.6) is 0 Å². The van der Waals surface area contributed by atoms with Gasteiger partial charge in [0.1, 0.15) is 18.0 Å². The molecule has 4 rings (SSSR count). The Bertz CT molecular complexity index is 938. The molecule has 8 heteroatoms. The van der Waals surface area contributed by atoms with E-state index in [1.165, 1.54) is 17.2 Å². The molecule has 2 atom stereocenters. The second kappa shape index (κ2) is 8.29. The second-order valence-electron chi connectivity index (χ2n) is 7.74. The van der Waals surface area contributed by atoms with Gasteiger partial charge in [0.2, 0.25) is 5.91 Å². The lowest BCUT2D eigenvalue weighted by atomic mass is 10.0. The Kier molecular flexibility index (Phi) is 5.58. The van der Waals surface area contributed by atoms with Crippen LogP contribution >= 0.6 is 0 Å². The summed E-state index contributed by atoms with van der Waals surface area (Å²) in [6, 6.07) is 8.72. The highest BCUT2D eigenvalue weighted by Gasteiger charge is 2.36. The average molecular weight is 399 g/mol. The fraction of sp³-hybridized carbons (Fsp3) is 0.476. The zero-order valence-corrected chi connectivity index (χ0v) is 16.0. The Labute approximate surface area is 168 Å². The number of carbonyl (C=O) groups excluding carboxylic acids is 1. The van der Waals surface area contributed by atoms with Gasteiger partial charge in [0, 0.05) is 36.6 Å². The molecule has 1 aromatic heterocycles. The maximum absolute atomic E-state index is 13.6. The van der Waals surface area contributed by atoms with E-state index in [4.69, 9.17) is 5.26 Å². The maximum atomic E-state index is 13.6. The number of hydrogen-bond acceptors (Lipinski definition) is 5. The van der Waals surface area contributed by atoms with E-state index in [1.54, 1.807) is 0 Å². The summed E-state index contributed by atoms with van der Waals surface area (Å²) in [6.07, 6.45) is 1.87. The Balaban J connectivity index is 1.33. The van der Waals surface area contributed by atoms with Crippen LogP contribution in [0.4, 0.5) is 14.5 Å². The van der Waals surface area contributed by atoms with Crippen LogP contribution in [0.1, 0.15) is 19.3 Å². The number of nitrogens with one attached hydrogen (secondary N) is 1. The van der Waals surface area contributed by atoms with Crippen molar-refractivity contribution in [1.29, 1.82) is 5.26 Å². The summed E-state index contributed by atoms with van der Waals surface area (Å²) >= 11 is 0. The number of benzene rings is 1. The lowest BCUT2D eigenvalue weighted by Gasteiger charge is -2.33. The first-order valence-corrected chi connectivity index (χ1v) is 9.90. The predicted molar refractivity (Wildman–Crippen MR) is 105 cm³/mol. The number of amides is 1. The largest absolute Gasteiger partial charge is 0.382 e. The number of carbonyl (C=O) groups is 1. The van der Waals surface area contributed by atoms with Crippen molar-refractivity contribution in [3.05, 3.63) is 36.3 Å². The van der Waals surface area contributed by atoms with Crippen LogP contribution in [0.2, 0.25) is 0 Å². The van der Waals surface area contributed by atoms with Crippen molar-refractivity contribution in [3.8, 4) is 6.07 Å². The third-order valence-corrected chi connectivity index (χ3v) is 5.72. The summed E-state index contributed by atoms with van der Waals surface area (Å²) in [5.74, 6) is -0.549. The van der Waals surface area contributed by atoms with Gasteiger partial charge in [-0.2, -0.15) is 5.26 Å². The summed E-state index contributed by atoms with van der Waals surface area (Å²) in [7, 11) is 0. The Morgan fingerprint density at radius 1 is 1.34 bits per heavy atom. The molecule has 1 N–H and O–H groups in total. The number of hydrogen-bond donors (Lipinski definition) is 1. The van der Waals surface area contributed by atoms with Crippen molar-refractivity contribution in [2.75, 3.05) is 31.5 Å². The first-order chi connectivity index (χ1) is 14.0. The minimum Gasteiger partial charge on any atom is -0.382 e. The minimum absolute atomic E-state index is 0.0146. The fourth-order valence-electron chi connectivity index (χ4n) is 4.17. The van der Waals surface area contributed by atoms with E-state index in [1.807, 2.05) is 29.2 Å². The average Bonchev–Trinajstić information content (AvgIpc) is 3.11. The van der Waals surface area contributed by atoms with Gasteiger partial charge in [-0.25, -0.2) is 8.78 Å². The molecule has 29 heavy (non-hydrogen) atoms. The molecule has 152 valence electrons. The summed E-state index contributed by atoms with van der Waals surface area (Å²) < 4.78 is 27.1. The number of nitriles is 1. The van der Waals surface area contributed by atoms with E-state index in [0.29, 0.717) is 0 Å². The maximum Gasteiger partial charge on any atom is 0.237 e. The van der Waals surface area contributed by atoms with E-state index in [2.05, 4.69) is 10.3 Å². The highest BCUT2D eigenvalue weighted by molar-refractivity contribution is 5.91. The van der Waals surface area contributed by atoms with Crippen molar-refractivity contribution in [1.82, 2.24) is 14.8 Å². The number of fused-ring (bicyclic) bond motifs is 1. The molecule has 1 unspecified atom stereocenters. The molecule has 0 radical (unpaired) electrons. The van der Waals surface area contributed by atoms with Crippen LogP contribution in [0, 0.1) is 17.1 Å². The van der Waals surface area contributed by atoms with Crippen LogP contribution in [0.15, 0.2) is 30.5 Å². The van der Waals surface area contributed by atoms with Gasteiger partial charge in [-0.05, 0) is 31.0 Å². The van der Waals surface area contributed by atoms with Gasteiger partial charge in [0.25, 0.3) is 0 Å². The molecule has 0 saturated carbocycles. The first-order valence-electron chi connectivity index (χ1n) is 9.90. The SMILES string of the molecule is N#CC1C[C@H](F)CN1C(=O)CN1CCC(Nc2cccc3ncc(F)cc23)CC1. The van der Waals surface area contributed by atoms with Crippen molar-refractivity contribution < 1.29 is 13.6 Å². The van der Waals surface area contributed by atoms with E-state index in [-0.39, 0.29) is 37.3 Å². The van der Waals surface area contributed by atoms with Gasteiger partial charge in [-0.1, -0.05) is 6.07 Å². The predicted octanol–water partition coefficient (Wildman–Crippen LogP) is 2.71. The highest BCUT2D eigenvalue weighted by atomic mass is 19.1. The first kappa shape index (κ1) is 19.5. The summed E-state index contributed by atoms with van der Waals surface area (Å²) in [5.41, 5.74) is 1.59. The van der Waals surface area contributed by atoms with Crippen molar-refractivity contribution in [2.24, 2.45) is 0 Å². The third kappa shape index (κ3) is 4.30. The molecule has 6 nitrogen and oxygen atoms in total. The molecule has 2 saturated heterocycles. The van der Waals surface area contributed by atoms with Crippen LogP contribution in [0.25, 0.3) is 10.9 Å². The minimum atomic E-state index is -1.11. The van der Waals surface area contributed by atoms with Gasteiger partial charge in [0.05, 0.1) is 30.9 Å². The summed E-state index contributed by atoms with van der Waals surface area (Å²) in [5, 5.41) is 13.3. The van der Waals surface area contributed by atoms with Crippen molar-refractivity contribution >= 4 is 22.5 Å². The zero-order valence-electron chi connectivity index (χ0n) is 16.0. The molecule has 2 fully saturated rings.